The highest BCUT2D eigenvalue weighted by atomic mass is 16.2. The largest absolute Gasteiger partial charge is 0.330 e. The molecule has 184 valence electrons. The highest BCUT2D eigenvalue weighted by molar-refractivity contribution is 6.00. The van der Waals surface area contributed by atoms with Crippen molar-refractivity contribution in [2.24, 2.45) is 17.8 Å². The number of ketones is 1. The Bertz CT molecular complexity index is 1500. The maximum atomic E-state index is 14.0. The van der Waals surface area contributed by atoms with Gasteiger partial charge in [-0.25, -0.2) is 0 Å². The maximum Gasteiger partial charge on any atom is 0.227 e. The third kappa shape index (κ3) is 4.09. The van der Waals surface area contributed by atoms with E-state index in [9.17, 15) is 9.59 Å². The van der Waals surface area contributed by atoms with Crippen molar-refractivity contribution in [1.82, 2.24) is 4.90 Å². The Hall–Kier alpha value is -3.98. The molecular weight excluding hydrogens is 454 g/mol. The topological polar surface area (TPSA) is 37.4 Å². The quantitative estimate of drug-likeness (QED) is 0.215. The van der Waals surface area contributed by atoms with Crippen molar-refractivity contribution in [3.8, 4) is 11.1 Å². The minimum atomic E-state index is -0.0659. The number of Topliss-reactive ketones (excluding diaryl/α,β-unsaturated/α-hetero) is 1. The summed E-state index contributed by atoms with van der Waals surface area (Å²) < 4.78 is 0. The van der Waals surface area contributed by atoms with E-state index >= 15 is 0 Å². The second-order valence-electron chi connectivity index (χ2n) is 10.5. The van der Waals surface area contributed by atoms with E-state index in [0.29, 0.717) is 18.0 Å². The highest BCUT2D eigenvalue weighted by Gasteiger charge is 2.50. The lowest BCUT2D eigenvalue weighted by Gasteiger charge is -2.31. The van der Waals surface area contributed by atoms with E-state index in [1.165, 1.54) is 16.3 Å². The van der Waals surface area contributed by atoms with Gasteiger partial charge in [0.25, 0.3) is 0 Å². The summed E-state index contributed by atoms with van der Waals surface area (Å²) in [4.78, 5) is 28.1. The Morgan fingerprint density at radius 1 is 0.892 bits per heavy atom. The molecule has 1 fully saturated rings. The third-order valence-corrected chi connectivity index (χ3v) is 8.22. The monoisotopic (exact) mass is 485 g/mol. The van der Waals surface area contributed by atoms with E-state index in [2.05, 4.69) is 84.6 Å². The number of fused-ring (bicyclic) bond motifs is 2. The number of likely N-dealkylation sites (tertiary alicyclic amines) is 1. The summed E-state index contributed by atoms with van der Waals surface area (Å²) in [6, 6.07) is 31.0. The number of hydrogen-bond donors (Lipinski definition) is 0. The lowest BCUT2D eigenvalue weighted by molar-refractivity contribution is -0.134. The molecule has 1 amide bonds. The fraction of sp³-hybridized carbons (Fsp3) is 0.235. The first kappa shape index (κ1) is 23.4. The van der Waals surface area contributed by atoms with E-state index in [1.807, 2.05) is 30.3 Å². The Morgan fingerprint density at radius 2 is 1.62 bits per heavy atom. The SMILES string of the molecule is CC(=O)c1ccc(-c2c([C@H]3[C@@H]4C=CC[C@H](C)[C@H]4C(=O)N3Cc3ccccc3)ccc3ccccc23)cc1. The molecule has 3 heteroatoms. The van der Waals surface area contributed by atoms with Crippen molar-refractivity contribution in [2.75, 3.05) is 0 Å². The van der Waals surface area contributed by atoms with Crippen LogP contribution < -0.4 is 0 Å². The Balaban J connectivity index is 1.56. The summed E-state index contributed by atoms with van der Waals surface area (Å²) in [6.45, 7) is 4.40. The summed E-state index contributed by atoms with van der Waals surface area (Å²) in [5.74, 6) is 0.727. The fourth-order valence-corrected chi connectivity index (χ4v) is 6.40. The van der Waals surface area contributed by atoms with Gasteiger partial charge in [0.1, 0.15) is 0 Å². The summed E-state index contributed by atoms with van der Waals surface area (Å²) in [5.41, 5.74) is 5.24. The number of nitrogens with zero attached hydrogens (tertiary/aromatic N) is 1. The number of rotatable bonds is 5. The molecule has 0 N–H and O–H groups in total. The van der Waals surface area contributed by atoms with Gasteiger partial charge in [-0.3, -0.25) is 9.59 Å². The van der Waals surface area contributed by atoms with Crippen LogP contribution >= 0.6 is 0 Å². The van der Waals surface area contributed by atoms with E-state index in [-0.39, 0.29) is 29.6 Å². The van der Waals surface area contributed by atoms with Crippen LogP contribution in [-0.4, -0.2) is 16.6 Å². The molecule has 3 nitrogen and oxygen atoms in total. The van der Waals surface area contributed by atoms with Crippen LogP contribution in [0.4, 0.5) is 0 Å². The molecule has 4 aromatic rings. The van der Waals surface area contributed by atoms with Gasteiger partial charge in [-0.05, 0) is 52.3 Å². The van der Waals surface area contributed by atoms with Gasteiger partial charge in [0, 0.05) is 23.9 Å². The minimum Gasteiger partial charge on any atom is -0.330 e. The minimum absolute atomic E-state index is 0.0156. The fourth-order valence-electron chi connectivity index (χ4n) is 6.40. The van der Waals surface area contributed by atoms with Crippen molar-refractivity contribution in [1.29, 1.82) is 0 Å². The maximum absolute atomic E-state index is 14.0. The lowest BCUT2D eigenvalue weighted by Crippen LogP contribution is -2.30. The number of benzene rings is 4. The van der Waals surface area contributed by atoms with Gasteiger partial charge in [0.15, 0.2) is 5.78 Å². The van der Waals surface area contributed by atoms with E-state index in [0.717, 1.165) is 23.1 Å². The van der Waals surface area contributed by atoms with Crippen LogP contribution in [-0.2, 0) is 11.3 Å². The summed E-state index contributed by atoms with van der Waals surface area (Å²) in [6.07, 6.45) is 5.49. The molecular formula is C34H31NO2. The van der Waals surface area contributed by atoms with Crippen molar-refractivity contribution >= 4 is 22.5 Å². The van der Waals surface area contributed by atoms with Crippen LogP contribution in [0, 0.1) is 17.8 Å². The zero-order chi connectivity index (χ0) is 25.5. The molecule has 0 aromatic heterocycles. The Morgan fingerprint density at radius 3 is 2.38 bits per heavy atom. The van der Waals surface area contributed by atoms with Crippen molar-refractivity contribution in [3.63, 3.8) is 0 Å². The lowest BCUT2D eigenvalue weighted by atomic mass is 9.74. The summed E-state index contributed by atoms with van der Waals surface area (Å²) in [7, 11) is 0. The van der Waals surface area contributed by atoms with Crippen LogP contribution in [0.1, 0.15) is 47.8 Å². The third-order valence-electron chi connectivity index (χ3n) is 8.22. The van der Waals surface area contributed by atoms with Gasteiger partial charge in [0.05, 0.1) is 6.04 Å². The van der Waals surface area contributed by atoms with Crippen LogP contribution in [0.3, 0.4) is 0 Å². The zero-order valence-corrected chi connectivity index (χ0v) is 21.3. The van der Waals surface area contributed by atoms with Crippen LogP contribution in [0.25, 0.3) is 21.9 Å². The molecule has 1 aliphatic carbocycles. The van der Waals surface area contributed by atoms with E-state index in [4.69, 9.17) is 0 Å². The number of carbonyl (C=O) groups is 2. The van der Waals surface area contributed by atoms with E-state index in [1.54, 1.807) is 6.92 Å². The van der Waals surface area contributed by atoms with E-state index < -0.39 is 0 Å². The smallest absolute Gasteiger partial charge is 0.227 e. The van der Waals surface area contributed by atoms with Gasteiger partial charge >= 0.3 is 0 Å². The first-order valence-electron chi connectivity index (χ1n) is 13.2. The predicted octanol–water partition coefficient (Wildman–Crippen LogP) is 7.62. The summed E-state index contributed by atoms with van der Waals surface area (Å²) in [5, 5.41) is 2.33. The molecule has 0 radical (unpaired) electrons. The second kappa shape index (κ2) is 9.48. The molecule has 4 aromatic carbocycles. The number of hydrogen-bond acceptors (Lipinski definition) is 2. The molecule has 0 saturated carbocycles. The van der Waals surface area contributed by atoms with Crippen molar-refractivity contribution < 1.29 is 9.59 Å². The molecule has 0 bridgehead atoms. The van der Waals surface area contributed by atoms with Crippen LogP contribution in [0.5, 0.6) is 0 Å². The average molecular weight is 486 g/mol. The van der Waals surface area contributed by atoms with Crippen molar-refractivity contribution in [3.05, 3.63) is 120 Å². The van der Waals surface area contributed by atoms with Gasteiger partial charge < -0.3 is 4.90 Å². The zero-order valence-electron chi connectivity index (χ0n) is 21.3. The Kier molecular flexibility index (Phi) is 6.00. The molecule has 4 atom stereocenters. The first-order valence-corrected chi connectivity index (χ1v) is 13.2. The van der Waals surface area contributed by atoms with Gasteiger partial charge in [-0.2, -0.15) is 0 Å². The van der Waals surface area contributed by atoms with Crippen LogP contribution in [0.2, 0.25) is 0 Å². The average Bonchev–Trinajstić information content (AvgIpc) is 3.20. The number of allylic oxidation sites excluding steroid dienone is 1. The molecule has 0 unspecified atom stereocenters. The molecule has 1 saturated heterocycles. The molecule has 37 heavy (non-hydrogen) atoms. The second-order valence-corrected chi connectivity index (χ2v) is 10.5. The molecule has 1 heterocycles. The van der Waals surface area contributed by atoms with Gasteiger partial charge in [-0.15, -0.1) is 0 Å². The normalized spacial score (nSPS) is 22.9. The standard InChI is InChI=1S/C34H31NO2/c1-22-9-8-14-29-31(22)34(37)35(21-24-10-4-3-5-11-24)33(29)30-20-19-26-12-6-7-13-28(26)32(30)27-17-15-25(16-18-27)23(2)36/h3-8,10-20,22,29,31,33H,9,21H2,1-2H3/t22-,29+,31+,33+/m0/s1. The highest BCUT2D eigenvalue weighted by Crippen LogP contribution is 2.51. The molecule has 6 rings (SSSR count). The predicted molar refractivity (Wildman–Crippen MR) is 149 cm³/mol. The first-order chi connectivity index (χ1) is 18.0. The van der Waals surface area contributed by atoms with Crippen molar-refractivity contribution in [2.45, 2.75) is 32.9 Å². The number of amides is 1. The van der Waals surface area contributed by atoms with Gasteiger partial charge in [0.2, 0.25) is 5.91 Å². The molecule has 2 aliphatic rings. The van der Waals surface area contributed by atoms with Gasteiger partial charge in [-0.1, -0.05) is 110 Å². The molecule has 1 aliphatic heterocycles. The Labute approximate surface area is 218 Å². The number of carbonyl (C=O) groups excluding carboxylic acids is 2. The molecule has 0 spiro atoms. The van der Waals surface area contributed by atoms with Crippen LogP contribution in [0.15, 0.2) is 103 Å². The summed E-state index contributed by atoms with van der Waals surface area (Å²) >= 11 is 0.